The van der Waals surface area contributed by atoms with Crippen molar-refractivity contribution in [2.45, 2.75) is 91.0 Å². The van der Waals surface area contributed by atoms with Crippen LogP contribution < -0.4 is 34.9 Å². The molecular weight excluding hydrogens is 217 g/mol. The van der Waals surface area contributed by atoms with E-state index in [9.17, 15) is 0 Å². The van der Waals surface area contributed by atoms with Crippen molar-refractivity contribution in [1.82, 2.24) is 5.32 Å². The van der Waals surface area contributed by atoms with Crippen LogP contribution in [0.1, 0.15) is 86.4 Å². The summed E-state index contributed by atoms with van der Waals surface area (Å²) in [5.41, 5.74) is 0. The van der Waals surface area contributed by atoms with Gasteiger partial charge in [-0.1, -0.05) is 65.7 Å². The molecule has 1 N–H and O–H groups in total. The van der Waals surface area contributed by atoms with Crippen molar-refractivity contribution in [1.29, 1.82) is 0 Å². The average molecular weight is 251 g/mol. The van der Waals surface area contributed by atoms with E-state index in [4.69, 9.17) is 0 Å². The second-order valence-electron chi connectivity index (χ2n) is 4.97. The Kier molecular flexibility index (Phi) is 20.2. The summed E-state index contributed by atoms with van der Waals surface area (Å²) in [5.74, 6) is 0. The minimum absolute atomic E-state index is 0. The van der Waals surface area contributed by atoms with Crippen molar-refractivity contribution in [3.05, 3.63) is 0 Å². The molecule has 0 aromatic carbocycles. The van der Waals surface area contributed by atoms with E-state index in [0.717, 1.165) is 6.04 Å². The average Bonchev–Trinajstić information content (AvgIpc) is 2.32. The molecule has 0 aromatic rings. The first-order valence-corrected chi connectivity index (χ1v) is 7.58. The molecule has 0 amide bonds. The topological polar surface area (TPSA) is 12.0 Å². The molecule has 1 unspecified atom stereocenters. The van der Waals surface area contributed by atoms with Gasteiger partial charge in [0, 0.05) is 6.04 Å². The number of unbranched alkanes of at least 4 members (excludes halogenated alkanes) is 6. The van der Waals surface area contributed by atoms with Crippen molar-refractivity contribution in [2.24, 2.45) is 0 Å². The van der Waals surface area contributed by atoms with Gasteiger partial charge in [-0.15, -0.1) is 0 Å². The van der Waals surface area contributed by atoms with Gasteiger partial charge in [-0.2, -0.15) is 0 Å². The third-order valence-corrected chi connectivity index (χ3v) is 3.33. The standard InChI is InChI=1S/C15H33N.Na.H/c1-4-7-8-9-10-11-12-13-15(6-3)16-14-5-2;;/h15-16H,4-14H2,1-3H3;;/q;+1;-1. The maximum atomic E-state index is 3.63. The summed E-state index contributed by atoms with van der Waals surface area (Å²) in [6, 6.07) is 0.774. The molecule has 0 radical (unpaired) electrons. The molecule has 1 nitrogen and oxygen atoms in total. The molecule has 0 fully saturated rings. The zero-order valence-corrected chi connectivity index (χ0v) is 14.9. The molecule has 2 heteroatoms. The smallest absolute Gasteiger partial charge is 1.00 e. The fourth-order valence-corrected chi connectivity index (χ4v) is 2.15. The van der Waals surface area contributed by atoms with Gasteiger partial charge in [-0.05, 0) is 25.8 Å². The zero-order chi connectivity index (χ0) is 12.1. The van der Waals surface area contributed by atoms with Gasteiger partial charge in [0.05, 0.1) is 0 Å². The normalized spacial score (nSPS) is 12.2. The minimum atomic E-state index is 0. The SMILES string of the molecule is CCCCCCCCCC(CC)NCCC.[H-].[Na+]. The molecule has 0 aliphatic carbocycles. The number of hydrogen-bond donors (Lipinski definition) is 1. The van der Waals surface area contributed by atoms with Crippen molar-refractivity contribution < 1.29 is 31.0 Å². The Hall–Kier alpha value is 0.960. The summed E-state index contributed by atoms with van der Waals surface area (Å²) in [7, 11) is 0. The third-order valence-electron chi connectivity index (χ3n) is 3.33. The molecule has 0 aromatic heterocycles. The van der Waals surface area contributed by atoms with Crippen molar-refractivity contribution in [3.63, 3.8) is 0 Å². The number of nitrogens with one attached hydrogen (secondary N) is 1. The Balaban J connectivity index is -0.00000112. The molecular formula is C15H34NNa. The van der Waals surface area contributed by atoms with Gasteiger partial charge in [0.25, 0.3) is 0 Å². The molecule has 1 atom stereocenters. The van der Waals surface area contributed by atoms with Crippen molar-refractivity contribution >= 4 is 0 Å². The van der Waals surface area contributed by atoms with Crippen LogP contribution in [0.25, 0.3) is 0 Å². The molecule has 0 heterocycles. The van der Waals surface area contributed by atoms with Gasteiger partial charge >= 0.3 is 29.6 Å². The third kappa shape index (κ3) is 14.9. The summed E-state index contributed by atoms with van der Waals surface area (Å²) in [4.78, 5) is 0. The molecule has 0 spiro atoms. The minimum Gasteiger partial charge on any atom is -1.00 e. The van der Waals surface area contributed by atoms with E-state index < -0.39 is 0 Å². The molecule has 0 aliphatic rings. The Labute approximate surface area is 133 Å². The number of hydrogen-bond acceptors (Lipinski definition) is 1. The zero-order valence-electron chi connectivity index (χ0n) is 13.9. The quantitative estimate of drug-likeness (QED) is 0.413. The molecule has 100 valence electrons. The van der Waals surface area contributed by atoms with Crippen LogP contribution >= 0.6 is 0 Å². The van der Waals surface area contributed by atoms with Crippen LogP contribution in [0.3, 0.4) is 0 Å². The Morgan fingerprint density at radius 2 is 1.41 bits per heavy atom. The van der Waals surface area contributed by atoms with E-state index in [0.29, 0.717) is 0 Å². The largest absolute Gasteiger partial charge is 1.00 e. The summed E-state index contributed by atoms with van der Waals surface area (Å²) >= 11 is 0. The number of rotatable bonds is 12. The van der Waals surface area contributed by atoms with E-state index in [1.54, 1.807) is 0 Å². The first-order valence-electron chi connectivity index (χ1n) is 7.58. The van der Waals surface area contributed by atoms with E-state index >= 15 is 0 Å². The van der Waals surface area contributed by atoms with Crippen LogP contribution in [0.4, 0.5) is 0 Å². The van der Waals surface area contributed by atoms with Gasteiger partial charge in [0.2, 0.25) is 0 Å². The second kappa shape index (κ2) is 17.0. The van der Waals surface area contributed by atoms with E-state index in [2.05, 4.69) is 26.1 Å². The fraction of sp³-hybridized carbons (Fsp3) is 1.00. The van der Waals surface area contributed by atoms with Crippen LogP contribution in [0.15, 0.2) is 0 Å². The Morgan fingerprint density at radius 1 is 0.824 bits per heavy atom. The van der Waals surface area contributed by atoms with Crippen LogP contribution in [-0.4, -0.2) is 12.6 Å². The second-order valence-corrected chi connectivity index (χ2v) is 4.97. The Morgan fingerprint density at radius 3 is 1.94 bits per heavy atom. The Bertz CT molecular complexity index is 134. The maximum absolute atomic E-state index is 3.63. The molecule has 0 rings (SSSR count). The van der Waals surface area contributed by atoms with Crippen molar-refractivity contribution in [3.8, 4) is 0 Å². The van der Waals surface area contributed by atoms with Crippen molar-refractivity contribution in [2.75, 3.05) is 6.54 Å². The monoisotopic (exact) mass is 251 g/mol. The van der Waals surface area contributed by atoms with Gasteiger partial charge in [-0.25, -0.2) is 0 Å². The predicted molar refractivity (Wildman–Crippen MR) is 76.1 cm³/mol. The fourth-order valence-electron chi connectivity index (χ4n) is 2.15. The molecule has 0 saturated carbocycles. The molecule has 17 heavy (non-hydrogen) atoms. The first kappa shape index (κ1) is 20.3. The van der Waals surface area contributed by atoms with Gasteiger partial charge in [0.15, 0.2) is 0 Å². The summed E-state index contributed by atoms with van der Waals surface area (Å²) in [5, 5.41) is 3.63. The van der Waals surface area contributed by atoms with E-state index in [-0.39, 0.29) is 31.0 Å². The van der Waals surface area contributed by atoms with Gasteiger partial charge in [0.1, 0.15) is 0 Å². The van der Waals surface area contributed by atoms with Crippen LogP contribution in [0, 0.1) is 0 Å². The van der Waals surface area contributed by atoms with E-state index in [1.807, 2.05) is 0 Å². The van der Waals surface area contributed by atoms with Crippen LogP contribution in [0.5, 0.6) is 0 Å². The molecule has 0 aliphatic heterocycles. The van der Waals surface area contributed by atoms with E-state index in [1.165, 1.54) is 70.8 Å². The van der Waals surface area contributed by atoms with Gasteiger partial charge in [-0.3, -0.25) is 0 Å². The summed E-state index contributed by atoms with van der Waals surface area (Å²) in [6.07, 6.45) is 13.9. The maximum Gasteiger partial charge on any atom is 1.00 e. The summed E-state index contributed by atoms with van der Waals surface area (Å²) in [6.45, 7) is 8.02. The molecule has 0 bridgehead atoms. The van der Waals surface area contributed by atoms with Crippen LogP contribution in [0.2, 0.25) is 0 Å². The predicted octanol–water partition coefficient (Wildman–Crippen LogP) is 2.02. The first-order chi connectivity index (χ1) is 7.85. The van der Waals surface area contributed by atoms with Gasteiger partial charge < -0.3 is 6.74 Å². The summed E-state index contributed by atoms with van der Waals surface area (Å²) < 4.78 is 0. The molecule has 0 saturated heterocycles. The van der Waals surface area contributed by atoms with Crippen LogP contribution in [-0.2, 0) is 0 Å².